The number of hydrogen-bond acceptors (Lipinski definition) is 3. The van der Waals surface area contributed by atoms with Crippen LogP contribution in [0.2, 0.25) is 0 Å². The lowest BCUT2D eigenvalue weighted by Crippen LogP contribution is -2.52. The van der Waals surface area contributed by atoms with Crippen molar-refractivity contribution >= 4 is 24.0 Å². The van der Waals surface area contributed by atoms with Gasteiger partial charge in [-0.2, -0.15) is 0 Å². The monoisotopic (exact) mass is 314 g/mol. The van der Waals surface area contributed by atoms with Crippen molar-refractivity contribution in [2.24, 2.45) is 11.8 Å². The van der Waals surface area contributed by atoms with Crippen LogP contribution in [0.3, 0.4) is 0 Å². The number of nitrogens with one attached hydrogen (secondary N) is 1. The summed E-state index contributed by atoms with van der Waals surface area (Å²) in [6.45, 7) is 6.16. The number of hydrogen-bond donors (Lipinski definition) is 1. The lowest BCUT2D eigenvalue weighted by atomic mass is 9.87. The largest absolute Gasteiger partial charge is 0.487 e. The van der Waals surface area contributed by atoms with Crippen molar-refractivity contribution in [2.75, 3.05) is 24.5 Å². The van der Waals surface area contributed by atoms with E-state index in [-0.39, 0.29) is 36.2 Å². The Morgan fingerprint density at radius 3 is 2.81 bits per heavy atom. The molecule has 2 aliphatic rings. The van der Waals surface area contributed by atoms with Crippen LogP contribution in [0.5, 0.6) is 5.75 Å². The number of anilines is 1. The summed E-state index contributed by atoms with van der Waals surface area (Å²) in [5.74, 6) is 0.570. The van der Waals surface area contributed by atoms with Crippen molar-refractivity contribution in [3.05, 3.63) is 24.0 Å². The van der Waals surface area contributed by atoms with E-state index in [4.69, 9.17) is 4.74 Å². The van der Waals surface area contributed by atoms with Gasteiger partial charge >= 0.3 is 0 Å². The van der Waals surface area contributed by atoms with Gasteiger partial charge in [-0.1, -0.05) is 6.92 Å². The van der Waals surface area contributed by atoms with Crippen LogP contribution in [0.4, 0.5) is 10.1 Å². The minimum absolute atomic E-state index is 0. The van der Waals surface area contributed by atoms with Crippen LogP contribution in [-0.4, -0.2) is 31.6 Å². The Kier molecular flexibility index (Phi) is 4.74. The van der Waals surface area contributed by atoms with Crippen LogP contribution in [0.1, 0.15) is 13.8 Å². The first kappa shape index (κ1) is 16.0. The third-order valence-electron chi connectivity index (χ3n) is 4.16. The summed E-state index contributed by atoms with van der Waals surface area (Å²) in [4.78, 5) is 14.4. The first-order chi connectivity index (χ1) is 9.56. The highest BCUT2D eigenvalue weighted by Crippen LogP contribution is 2.35. The number of ether oxygens (including phenoxy) is 1. The molecule has 0 aromatic heterocycles. The number of carbonyl (C=O) groups is 1. The van der Waals surface area contributed by atoms with Gasteiger partial charge in [0.15, 0.2) is 0 Å². The predicted molar refractivity (Wildman–Crippen MR) is 81.6 cm³/mol. The molecule has 21 heavy (non-hydrogen) atoms. The quantitative estimate of drug-likeness (QED) is 0.910. The second-order valence-corrected chi connectivity index (χ2v) is 5.70. The SMILES string of the molecule is CC1CN(C(=O)C(C)C2CNC2)c2ccc(F)cc2O1.Cl. The Morgan fingerprint density at radius 1 is 1.48 bits per heavy atom. The Labute approximate surface area is 130 Å². The fourth-order valence-electron chi connectivity index (χ4n) is 2.74. The highest BCUT2D eigenvalue weighted by molar-refractivity contribution is 5.97. The van der Waals surface area contributed by atoms with E-state index < -0.39 is 0 Å². The van der Waals surface area contributed by atoms with Crippen molar-refractivity contribution in [2.45, 2.75) is 20.0 Å². The smallest absolute Gasteiger partial charge is 0.230 e. The molecule has 0 spiro atoms. The average molecular weight is 315 g/mol. The molecule has 2 atom stereocenters. The number of carbonyl (C=O) groups excluding carboxylic acids is 1. The molecule has 0 bridgehead atoms. The van der Waals surface area contributed by atoms with Crippen LogP contribution in [0.15, 0.2) is 18.2 Å². The Morgan fingerprint density at radius 2 is 2.19 bits per heavy atom. The lowest BCUT2D eigenvalue weighted by molar-refractivity contribution is -0.124. The van der Waals surface area contributed by atoms with E-state index in [1.54, 1.807) is 11.0 Å². The number of fused-ring (bicyclic) bond motifs is 1. The maximum Gasteiger partial charge on any atom is 0.230 e. The third-order valence-corrected chi connectivity index (χ3v) is 4.16. The molecule has 116 valence electrons. The topological polar surface area (TPSA) is 41.6 Å². The highest BCUT2D eigenvalue weighted by atomic mass is 35.5. The number of benzene rings is 1. The van der Waals surface area contributed by atoms with Gasteiger partial charge in [0, 0.05) is 12.0 Å². The Bertz CT molecular complexity index is 536. The van der Waals surface area contributed by atoms with E-state index in [2.05, 4.69) is 5.32 Å². The van der Waals surface area contributed by atoms with Crippen molar-refractivity contribution in [1.82, 2.24) is 5.32 Å². The number of amides is 1. The van der Waals surface area contributed by atoms with Crippen LogP contribution < -0.4 is 15.0 Å². The molecule has 1 saturated heterocycles. The molecular weight excluding hydrogens is 295 g/mol. The molecule has 3 rings (SSSR count). The number of rotatable bonds is 2. The molecule has 1 aromatic carbocycles. The molecule has 2 unspecified atom stereocenters. The molecule has 1 aromatic rings. The van der Waals surface area contributed by atoms with Crippen molar-refractivity contribution < 1.29 is 13.9 Å². The van der Waals surface area contributed by atoms with Crippen LogP contribution in [-0.2, 0) is 4.79 Å². The van der Waals surface area contributed by atoms with E-state index >= 15 is 0 Å². The fourth-order valence-corrected chi connectivity index (χ4v) is 2.74. The van der Waals surface area contributed by atoms with Gasteiger partial charge in [-0.3, -0.25) is 4.79 Å². The molecule has 2 aliphatic heterocycles. The highest BCUT2D eigenvalue weighted by Gasteiger charge is 2.35. The van der Waals surface area contributed by atoms with Crippen molar-refractivity contribution in [3.8, 4) is 5.75 Å². The minimum Gasteiger partial charge on any atom is -0.487 e. The number of nitrogens with zero attached hydrogens (tertiary/aromatic N) is 1. The summed E-state index contributed by atoms with van der Waals surface area (Å²) in [7, 11) is 0. The number of halogens is 2. The first-order valence-electron chi connectivity index (χ1n) is 7.04. The zero-order valence-electron chi connectivity index (χ0n) is 12.1. The van der Waals surface area contributed by atoms with Gasteiger partial charge in [-0.15, -0.1) is 12.4 Å². The van der Waals surface area contributed by atoms with Gasteiger partial charge in [-0.25, -0.2) is 4.39 Å². The molecule has 1 N–H and O–H groups in total. The first-order valence-corrected chi connectivity index (χ1v) is 7.04. The zero-order chi connectivity index (χ0) is 14.3. The average Bonchev–Trinajstić information content (AvgIpc) is 2.34. The third kappa shape index (κ3) is 2.99. The predicted octanol–water partition coefficient (Wildman–Crippen LogP) is 2.22. The summed E-state index contributed by atoms with van der Waals surface area (Å²) < 4.78 is 18.9. The standard InChI is InChI=1S/C15H19FN2O2.ClH/c1-9-8-18(15(19)10(2)11-6-17-7-11)13-4-3-12(16)5-14(13)20-9;/h3-5,9-11,17H,6-8H2,1-2H3;1H. The van der Waals surface area contributed by atoms with E-state index in [0.717, 1.165) is 13.1 Å². The van der Waals surface area contributed by atoms with Gasteiger partial charge in [0.25, 0.3) is 0 Å². The summed E-state index contributed by atoms with van der Waals surface area (Å²) in [6, 6.07) is 4.34. The second kappa shape index (κ2) is 6.20. The molecule has 4 nitrogen and oxygen atoms in total. The summed E-state index contributed by atoms with van der Waals surface area (Å²) >= 11 is 0. The molecule has 1 fully saturated rings. The van der Waals surface area contributed by atoms with Gasteiger partial charge in [0.2, 0.25) is 5.91 Å². The maximum atomic E-state index is 13.3. The van der Waals surface area contributed by atoms with Crippen molar-refractivity contribution in [1.29, 1.82) is 0 Å². The van der Waals surface area contributed by atoms with E-state index in [1.807, 2.05) is 13.8 Å². The van der Waals surface area contributed by atoms with E-state index in [1.165, 1.54) is 12.1 Å². The summed E-state index contributed by atoms with van der Waals surface area (Å²) in [6.07, 6.45) is -0.125. The van der Waals surface area contributed by atoms with Gasteiger partial charge < -0.3 is 15.0 Å². The second-order valence-electron chi connectivity index (χ2n) is 5.70. The van der Waals surface area contributed by atoms with Crippen LogP contribution in [0.25, 0.3) is 0 Å². The Hall–Kier alpha value is -1.33. The van der Waals surface area contributed by atoms with Crippen LogP contribution in [0, 0.1) is 17.7 Å². The summed E-state index contributed by atoms with van der Waals surface area (Å²) in [5, 5.41) is 3.19. The minimum atomic E-state index is -0.346. The fraction of sp³-hybridized carbons (Fsp3) is 0.533. The molecule has 0 radical (unpaired) electrons. The van der Waals surface area contributed by atoms with Gasteiger partial charge in [-0.05, 0) is 38.1 Å². The molecule has 6 heteroatoms. The zero-order valence-corrected chi connectivity index (χ0v) is 13.0. The van der Waals surface area contributed by atoms with Crippen LogP contribution >= 0.6 is 12.4 Å². The molecule has 0 saturated carbocycles. The van der Waals surface area contributed by atoms with Crippen molar-refractivity contribution in [3.63, 3.8) is 0 Å². The van der Waals surface area contributed by atoms with E-state index in [9.17, 15) is 9.18 Å². The Balaban J connectivity index is 0.00000161. The maximum absolute atomic E-state index is 13.3. The molecular formula is C15H20ClFN2O2. The van der Waals surface area contributed by atoms with E-state index in [0.29, 0.717) is 23.9 Å². The molecule has 1 amide bonds. The van der Waals surface area contributed by atoms with Gasteiger partial charge in [0.05, 0.1) is 12.2 Å². The summed E-state index contributed by atoms with van der Waals surface area (Å²) in [5.41, 5.74) is 0.675. The normalized spacial score (nSPS) is 22.4. The lowest BCUT2D eigenvalue weighted by Gasteiger charge is -2.38. The molecule has 0 aliphatic carbocycles. The molecule has 2 heterocycles. The van der Waals surface area contributed by atoms with Gasteiger partial charge in [0.1, 0.15) is 17.7 Å².